The average molecular weight is 462 g/mol. The van der Waals surface area contributed by atoms with Gasteiger partial charge in [0.1, 0.15) is 4.83 Å². The highest BCUT2D eigenvalue weighted by molar-refractivity contribution is 7.17. The number of rotatable bonds is 6. The molecule has 0 bridgehead atoms. The highest BCUT2D eigenvalue weighted by Crippen LogP contribution is 2.34. The topological polar surface area (TPSA) is 82.5 Å². The van der Waals surface area contributed by atoms with Crippen LogP contribution in [0.25, 0.3) is 21.3 Å². The monoisotopic (exact) mass is 461 g/mol. The fraction of sp³-hybridized carbons (Fsp3) is 0.240. The Bertz CT molecular complexity index is 1390. The SMILES string of the molecule is Cc1ccc(-c2csc3ncn(CCC(=O)NC(C)c4ccc5c(c4)OCO5)c(=O)c23)cc1. The first-order valence-corrected chi connectivity index (χ1v) is 11.6. The summed E-state index contributed by atoms with van der Waals surface area (Å²) in [4.78, 5) is 30.9. The van der Waals surface area contributed by atoms with Crippen LogP contribution in [0.15, 0.2) is 59.0 Å². The second kappa shape index (κ2) is 8.71. The van der Waals surface area contributed by atoms with Crippen LogP contribution in [0.3, 0.4) is 0 Å². The van der Waals surface area contributed by atoms with E-state index in [1.807, 2.05) is 61.7 Å². The van der Waals surface area contributed by atoms with Crippen molar-refractivity contribution in [2.45, 2.75) is 32.9 Å². The van der Waals surface area contributed by atoms with Gasteiger partial charge in [0.25, 0.3) is 5.56 Å². The zero-order valence-electron chi connectivity index (χ0n) is 18.3. The highest BCUT2D eigenvalue weighted by atomic mass is 32.1. The highest BCUT2D eigenvalue weighted by Gasteiger charge is 2.18. The number of hydrogen-bond acceptors (Lipinski definition) is 6. The molecule has 4 aromatic rings. The van der Waals surface area contributed by atoms with Crippen molar-refractivity contribution in [3.05, 3.63) is 75.7 Å². The van der Waals surface area contributed by atoms with Gasteiger partial charge < -0.3 is 14.8 Å². The van der Waals surface area contributed by atoms with Crippen molar-refractivity contribution < 1.29 is 14.3 Å². The van der Waals surface area contributed by atoms with Crippen LogP contribution in [0, 0.1) is 6.92 Å². The Kier molecular flexibility index (Phi) is 5.60. The predicted molar refractivity (Wildman–Crippen MR) is 128 cm³/mol. The van der Waals surface area contributed by atoms with Gasteiger partial charge in [-0.05, 0) is 37.1 Å². The second-order valence-corrected chi connectivity index (χ2v) is 8.95. The van der Waals surface area contributed by atoms with Gasteiger partial charge in [0, 0.05) is 23.9 Å². The van der Waals surface area contributed by atoms with Gasteiger partial charge >= 0.3 is 0 Å². The molecule has 0 saturated carbocycles. The number of aromatic nitrogens is 2. The largest absolute Gasteiger partial charge is 0.454 e. The van der Waals surface area contributed by atoms with Crippen LogP contribution in [-0.4, -0.2) is 22.3 Å². The number of nitrogens with zero attached hydrogens (tertiary/aromatic N) is 2. The predicted octanol–water partition coefficient (Wildman–Crippen LogP) is 4.43. The third-order valence-corrected chi connectivity index (χ3v) is 6.66. The van der Waals surface area contributed by atoms with Crippen molar-refractivity contribution in [1.29, 1.82) is 0 Å². The lowest BCUT2D eigenvalue weighted by atomic mass is 10.1. The molecule has 2 aromatic carbocycles. The van der Waals surface area contributed by atoms with Gasteiger partial charge in [-0.3, -0.25) is 14.2 Å². The van der Waals surface area contributed by atoms with Gasteiger partial charge in [0.15, 0.2) is 11.5 Å². The normalized spacial score (nSPS) is 13.3. The Hall–Kier alpha value is -3.65. The molecule has 1 N–H and O–H groups in total. The van der Waals surface area contributed by atoms with E-state index < -0.39 is 0 Å². The first-order valence-electron chi connectivity index (χ1n) is 10.7. The molecule has 0 saturated heterocycles. The number of ether oxygens (including phenoxy) is 2. The van der Waals surface area contributed by atoms with E-state index in [9.17, 15) is 9.59 Å². The molecule has 3 heterocycles. The molecule has 1 aliphatic heterocycles. The summed E-state index contributed by atoms with van der Waals surface area (Å²) in [5.41, 5.74) is 3.82. The third kappa shape index (κ3) is 4.21. The summed E-state index contributed by atoms with van der Waals surface area (Å²) < 4.78 is 12.3. The minimum atomic E-state index is -0.200. The second-order valence-electron chi connectivity index (χ2n) is 8.09. The molecule has 8 heteroatoms. The molecule has 0 spiro atoms. The number of carbonyl (C=O) groups excluding carboxylic acids is 1. The van der Waals surface area contributed by atoms with Gasteiger partial charge in [0.05, 0.1) is 17.8 Å². The van der Waals surface area contributed by atoms with E-state index in [1.165, 1.54) is 22.2 Å². The summed E-state index contributed by atoms with van der Waals surface area (Å²) in [6.45, 7) is 4.41. The van der Waals surface area contributed by atoms with Gasteiger partial charge in [-0.25, -0.2) is 4.98 Å². The Morgan fingerprint density at radius 3 is 2.79 bits per heavy atom. The number of benzene rings is 2. The van der Waals surface area contributed by atoms with Crippen molar-refractivity contribution in [3.8, 4) is 22.6 Å². The molecule has 1 unspecified atom stereocenters. The van der Waals surface area contributed by atoms with E-state index in [0.29, 0.717) is 21.7 Å². The van der Waals surface area contributed by atoms with Crippen molar-refractivity contribution in [2.75, 3.05) is 6.79 Å². The summed E-state index contributed by atoms with van der Waals surface area (Å²) in [7, 11) is 0. The van der Waals surface area contributed by atoms with E-state index in [1.54, 1.807) is 0 Å². The molecular weight excluding hydrogens is 438 g/mol. The molecule has 5 rings (SSSR count). The molecule has 2 aromatic heterocycles. The molecule has 0 radical (unpaired) electrons. The molecule has 1 amide bonds. The summed E-state index contributed by atoms with van der Waals surface area (Å²) in [6.07, 6.45) is 1.70. The van der Waals surface area contributed by atoms with Crippen LogP contribution >= 0.6 is 11.3 Å². The fourth-order valence-electron chi connectivity index (χ4n) is 3.87. The maximum atomic E-state index is 13.2. The molecule has 0 fully saturated rings. The maximum Gasteiger partial charge on any atom is 0.262 e. The maximum absolute atomic E-state index is 13.2. The standard InChI is InChI=1S/C25H23N3O4S/c1-15-3-5-17(6-4-15)19-12-33-24-23(19)25(30)28(13-26-24)10-9-22(29)27-16(2)18-7-8-20-21(11-18)32-14-31-20/h3-8,11-13,16H,9-10,14H2,1-2H3,(H,27,29). The van der Waals surface area contributed by atoms with E-state index >= 15 is 0 Å². The number of amides is 1. The number of nitrogens with one attached hydrogen (secondary N) is 1. The number of hydrogen-bond donors (Lipinski definition) is 1. The molecular formula is C25H23N3O4S. The Balaban J connectivity index is 1.29. The summed E-state index contributed by atoms with van der Waals surface area (Å²) >= 11 is 1.45. The molecule has 33 heavy (non-hydrogen) atoms. The van der Waals surface area contributed by atoms with Crippen LogP contribution in [0.1, 0.15) is 30.5 Å². The molecule has 0 aliphatic carbocycles. The van der Waals surface area contributed by atoms with Crippen molar-refractivity contribution in [2.24, 2.45) is 0 Å². The zero-order chi connectivity index (χ0) is 22.9. The Morgan fingerprint density at radius 2 is 1.97 bits per heavy atom. The van der Waals surface area contributed by atoms with E-state index in [4.69, 9.17) is 9.47 Å². The van der Waals surface area contributed by atoms with Gasteiger partial charge in [0.2, 0.25) is 12.7 Å². The average Bonchev–Trinajstić information content (AvgIpc) is 3.46. The minimum absolute atomic E-state index is 0.131. The lowest BCUT2D eigenvalue weighted by molar-refractivity contribution is -0.121. The Morgan fingerprint density at radius 1 is 1.18 bits per heavy atom. The van der Waals surface area contributed by atoms with E-state index in [0.717, 1.165) is 22.3 Å². The first-order chi connectivity index (χ1) is 16.0. The summed E-state index contributed by atoms with van der Waals surface area (Å²) in [5.74, 6) is 1.24. The third-order valence-electron chi connectivity index (χ3n) is 5.78. The lowest BCUT2D eigenvalue weighted by Gasteiger charge is -2.15. The molecule has 1 atom stereocenters. The molecule has 1 aliphatic rings. The minimum Gasteiger partial charge on any atom is -0.454 e. The van der Waals surface area contributed by atoms with Gasteiger partial charge in [-0.2, -0.15) is 0 Å². The number of thiophene rings is 1. The first kappa shape index (κ1) is 21.2. The van der Waals surface area contributed by atoms with Gasteiger partial charge in [-0.15, -0.1) is 11.3 Å². The number of fused-ring (bicyclic) bond motifs is 2. The number of aryl methyl sites for hydroxylation is 2. The van der Waals surface area contributed by atoms with Gasteiger partial charge in [-0.1, -0.05) is 35.9 Å². The number of carbonyl (C=O) groups is 1. The summed E-state index contributed by atoms with van der Waals surface area (Å²) in [5, 5.41) is 5.55. The Labute approximate surface area is 194 Å². The molecule has 168 valence electrons. The lowest BCUT2D eigenvalue weighted by Crippen LogP contribution is -2.29. The van der Waals surface area contributed by atoms with E-state index in [-0.39, 0.29) is 37.3 Å². The van der Waals surface area contributed by atoms with Crippen molar-refractivity contribution in [1.82, 2.24) is 14.9 Å². The van der Waals surface area contributed by atoms with Crippen LogP contribution in [-0.2, 0) is 11.3 Å². The summed E-state index contributed by atoms with van der Waals surface area (Å²) in [6, 6.07) is 13.5. The molecule has 7 nitrogen and oxygen atoms in total. The van der Waals surface area contributed by atoms with Crippen molar-refractivity contribution in [3.63, 3.8) is 0 Å². The van der Waals surface area contributed by atoms with Crippen LogP contribution < -0.4 is 20.3 Å². The van der Waals surface area contributed by atoms with Crippen LogP contribution in [0.5, 0.6) is 11.5 Å². The van der Waals surface area contributed by atoms with Crippen LogP contribution in [0.4, 0.5) is 0 Å². The zero-order valence-corrected chi connectivity index (χ0v) is 19.1. The fourth-order valence-corrected chi connectivity index (χ4v) is 4.78. The van der Waals surface area contributed by atoms with Crippen molar-refractivity contribution >= 4 is 27.5 Å². The van der Waals surface area contributed by atoms with E-state index in [2.05, 4.69) is 10.3 Å². The van der Waals surface area contributed by atoms with Crippen LogP contribution in [0.2, 0.25) is 0 Å². The quantitative estimate of drug-likeness (QED) is 0.459. The smallest absolute Gasteiger partial charge is 0.262 e.